The molecule has 0 saturated heterocycles. The Morgan fingerprint density at radius 3 is 2.38 bits per heavy atom. The van der Waals surface area contributed by atoms with Crippen LogP contribution in [0.1, 0.15) is 50.9 Å². The summed E-state index contributed by atoms with van der Waals surface area (Å²) in [6, 6.07) is 7.00. The molecule has 0 saturated carbocycles. The maximum Gasteiger partial charge on any atom is 0.0728 e. The van der Waals surface area contributed by atoms with Gasteiger partial charge < -0.3 is 0 Å². The molecule has 16 heavy (non-hydrogen) atoms. The number of benzene rings is 1. The fourth-order valence-electron chi connectivity index (χ4n) is 2.10. The van der Waals surface area contributed by atoms with Gasteiger partial charge in [-0.25, -0.2) is 0 Å². The van der Waals surface area contributed by atoms with Crippen molar-refractivity contribution in [3.8, 4) is 0 Å². The van der Waals surface area contributed by atoms with Crippen molar-refractivity contribution < 1.29 is 0 Å². The maximum absolute atomic E-state index is 4.75. The third kappa shape index (κ3) is 1.73. The summed E-state index contributed by atoms with van der Waals surface area (Å²) in [5, 5.41) is 6.06. The quantitative estimate of drug-likeness (QED) is 0.740. The van der Waals surface area contributed by atoms with E-state index < -0.39 is 0 Å². The molecule has 2 nitrogen and oxygen atoms in total. The van der Waals surface area contributed by atoms with E-state index in [0.29, 0.717) is 12.0 Å². The van der Waals surface area contributed by atoms with E-state index in [1.165, 1.54) is 22.2 Å². The van der Waals surface area contributed by atoms with Crippen LogP contribution in [0.2, 0.25) is 0 Å². The zero-order chi connectivity index (χ0) is 11.9. The lowest BCUT2D eigenvalue weighted by Gasteiger charge is -2.06. The lowest BCUT2D eigenvalue weighted by Crippen LogP contribution is -2.03. The van der Waals surface area contributed by atoms with Gasteiger partial charge in [0.15, 0.2) is 0 Å². The Bertz CT molecular complexity index is 507. The molecule has 0 atom stereocenters. The highest BCUT2D eigenvalue weighted by Gasteiger charge is 2.14. The summed E-state index contributed by atoms with van der Waals surface area (Å²) >= 11 is 0. The highest BCUT2D eigenvalue weighted by Crippen LogP contribution is 2.27. The van der Waals surface area contributed by atoms with Crippen LogP contribution in [-0.4, -0.2) is 9.78 Å². The first-order valence-corrected chi connectivity index (χ1v) is 5.99. The first-order chi connectivity index (χ1) is 7.50. The van der Waals surface area contributed by atoms with E-state index in [4.69, 9.17) is 5.10 Å². The molecule has 0 aliphatic heterocycles. The second kappa shape index (κ2) is 3.93. The fourth-order valence-corrected chi connectivity index (χ4v) is 2.10. The van der Waals surface area contributed by atoms with Crippen molar-refractivity contribution in [1.29, 1.82) is 0 Å². The van der Waals surface area contributed by atoms with Crippen molar-refractivity contribution in [2.24, 2.45) is 0 Å². The van der Waals surface area contributed by atoms with Gasteiger partial charge in [-0.3, -0.25) is 4.68 Å². The van der Waals surface area contributed by atoms with E-state index in [9.17, 15) is 0 Å². The minimum absolute atomic E-state index is 0.415. The average Bonchev–Trinajstić information content (AvgIpc) is 2.56. The van der Waals surface area contributed by atoms with Gasteiger partial charge >= 0.3 is 0 Å². The number of nitrogens with zero attached hydrogens (tertiary/aromatic N) is 2. The molecule has 1 aromatic carbocycles. The number of aryl methyl sites for hydroxylation is 1. The van der Waals surface area contributed by atoms with Crippen LogP contribution in [-0.2, 0) is 0 Å². The molecule has 0 fully saturated rings. The van der Waals surface area contributed by atoms with E-state index in [-0.39, 0.29) is 0 Å². The van der Waals surface area contributed by atoms with Crippen LogP contribution in [0, 0.1) is 6.92 Å². The van der Waals surface area contributed by atoms with Gasteiger partial charge in [-0.05, 0) is 38.8 Å². The zero-order valence-corrected chi connectivity index (χ0v) is 10.8. The Hall–Kier alpha value is -1.31. The van der Waals surface area contributed by atoms with Crippen molar-refractivity contribution in [2.75, 3.05) is 0 Å². The summed E-state index contributed by atoms with van der Waals surface area (Å²) in [6.07, 6.45) is 0. The molecule has 0 unspecified atom stereocenters. The zero-order valence-electron chi connectivity index (χ0n) is 10.8. The molecule has 1 heterocycles. The molecule has 2 rings (SSSR count). The van der Waals surface area contributed by atoms with Crippen LogP contribution >= 0.6 is 0 Å². The van der Waals surface area contributed by atoms with Crippen molar-refractivity contribution in [3.05, 3.63) is 29.5 Å². The number of hydrogen-bond donors (Lipinski definition) is 0. The summed E-state index contributed by atoms with van der Waals surface area (Å²) in [6.45, 7) is 10.9. The van der Waals surface area contributed by atoms with Crippen LogP contribution in [0.4, 0.5) is 0 Å². The molecule has 0 spiro atoms. The van der Waals surface area contributed by atoms with Gasteiger partial charge in [0.1, 0.15) is 0 Å². The Morgan fingerprint density at radius 2 is 1.81 bits per heavy atom. The molecule has 2 heteroatoms. The molecule has 2 aromatic rings. The van der Waals surface area contributed by atoms with Gasteiger partial charge in [-0.15, -0.1) is 0 Å². The van der Waals surface area contributed by atoms with Gasteiger partial charge in [0.2, 0.25) is 0 Å². The van der Waals surface area contributed by atoms with Crippen LogP contribution in [0.25, 0.3) is 10.9 Å². The summed E-state index contributed by atoms with van der Waals surface area (Å²) in [5.74, 6) is 0.476. The SMILES string of the molecule is Cc1ccc2c(c1)c(C(C)C)nn2C(C)C. The Balaban J connectivity index is 2.76. The Kier molecular flexibility index (Phi) is 2.75. The number of rotatable bonds is 2. The molecule has 1 aromatic heterocycles. The number of fused-ring (bicyclic) bond motifs is 1. The number of hydrogen-bond acceptors (Lipinski definition) is 1. The maximum atomic E-state index is 4.75. The Labute approximate surface area is 97.3 Å². The minimum Gasteiger partial charge on any atom is -0.262 e. The molecule has 0 aliphatic carbocycles. The van der Waals surface area contributed by atoms with Gasteiger partial charge in [-0.2, -0.15) is 5.10 Å². The predicted molar refractivity (Wildman–Crippen MR) is 68.9 cm³/mol. The van der Waals surface area contributed by atoms with Crippen LogP contribution < -0.4 is 0 Å². The topological polar surface area (TPSA) is 17.8 Å². The molecule has 0 aliphatic rings. The third-order valence-electron chi connectivity index (χ3n) is 2.93. The van der Waals surface area contributed by atoms with Crippen LogP contribution in [0.3, 0.4) is 0 Å². The largest absolute Gasteiger partial charge is 0.262 e. The van der Waals surface area contributed by atoms with E-state index in [1.807, 2.05) is 0 Å². The molecule has 0 amide bonds. The van der Waals surface area contributed by atoms with Gasteiger partial charge in [0.05, 0.1) is 11.2 Å². The molecule has 0 N–H and O–H groups in total. The van der Waals surface area contributed by atoms with Crippen LogP contribution in [0.5, 0.6) is 0 Å². The first kappa shape index (κ1) is 11.2. The normalized spacial score (nSPS) is 11.9. The second-order valence-corrected chi connectivity index (χ2v) is 5.10. The van der Waals surface area contributed by atoms with E-state index in [0.717, 1.165) is 0 Å². The fraction of sp³-hybridized carbons (Fsp3) is 0.500. The Morgan fingerprint density at radius 1 is 1.12 bits per heavy atom. The van der Waals surface area contributed by atoms with Gasteiger partial charge in [-0.1, -0.05) is 25.5 Å². The standard InChI is InChI=1S/C14H20N2/c1-9(2)14-12-8-11(5)6-7-13(12)16(15-14)10(3)4/h6-10H,1-5H3. The molecule has 86 valence electrons. The summed E-state index contributed by atoms with van der Waals surface area (Å²) in [5.41, 5.74) is 3.77. The minimum atomic E-state index is 0.415. The predicted octanol–water partition coefficient (Wildman–Crippen LogP) is 4.05. The van der Waals surface area contributed by atoms with Gasteiger partial charge in [0.25, 0.3) is 0 Å². The smallest absolute Gasteiger partial charge is 0.0728 e. The van der Waals surface area contributed by atoms with Crippen molar-refractivity contribution in [3.63, 3.8) is 0 Å². The monoisotopic (exact) mass is 216 g/mol. The molecule has 0 radical (unpaired) electrons. The van der Waals surface area contributed by atoms with E-state index in [2.05, 4.69) is 57.5 Å². The molecular formula is C14H20N2. The van der Waals surface area contributed by atoms with Crippen molar-refractivity contribution in [2.45, 2.75) is 46.6 Å². The molecular weight excluding hydrogens is 196 g/mol. The van der Waals surface area contributed by atoms with Crippen LogP contribution in [0.15, 0.2) is 18.2 Å². The molecule has 0 bridgehead atoms. The number of aromatic nitrogens is 2. The van der Waals surface area contributed by atoms with E-state index >= 15 is 0 Å². The second-order valence-electron chi connectivity index (χ2n) is 5.10. The first-order valence-electron chi connectivity index (χ1n) is 5.99. The average molecular weight is 216 g/mol. The highest BCUT2D eigenvalue weighted by molar-refractivity contribution is 5.83. The summed E-state index contributed by atoms with van der Waals surface area (Å²) in [4.78, 5) is 0. The highest BCUT2D eigenvalue weighted by atomic mass is 15.3. The van der Waals surface area contributed by atoms with Gasteiger partial charge in [0, 0.05) is 11.4 Å². The van der Waals surface area contributed by atoms with Crippen molar-refractivity contribution in [1.82, 2.24) is 9.78 Å². The van der Waals surface area contributed by atoms with E-state index in [1.54, 1.807) is 0 Å². The summed E-state index contributed by atoms with van der Waals surface area (Å²) < 4.78 is 2.13. The third-order valence-corrected chi connectivity index (χ3v) is 2.93. The lowest BCUT2D eigenvalue weighted by molar-refractivity contribution is 0.539. The van der Waals surface area contributed by atoms with Crippen molar-refractivity contribution >= 4 is 10.9 Å². The lowest BCUT2D eigenvalue weighted by atomic mass is 10.0. The summed E-state index contributed by atoms with van der Waals surface area (Å²) in [7, 11) is 0.